The molecule has 2 aliphatic rings. The number of amides is 1. The van der Waals surface area contributed by atoms with Crippen LogP contribution >= 0.6 is 11.3 Å². The second-order valence-corrected chi connectivity index (χ2v) is 10.9. The van der Waals surface area contributed by atoms with Crippen LogP contribution in [0.4, 0.5) is 5.95 Å². The van der Waals surface area contributed by atoms with E-state index < -0.39 is 0 Å². The molecule has 0 atom stereocenters. The van der Waals surface area contributed by atoms with Gasteiger partial charge in [0.15, 0.2) is 5.82 Å². The smallest absolute Gasteiger partial charge is 0.225 e. The summed E-state index contributed by atoms with van der Waals surface area (Å²) >= 11 is 1.69. The number of likely N-dealkylation sites (tertiary alicyclic amines) is 1. The van der Waals surface area contributed by atoms with Crippen LogP contribution in [0.25, 0.3) is 28.0 Å². The lowest BCUT2D eigenvalue weighted by Crippen LogP contribution is -2.44. The van der Waals surface area contributed by atoms with Gasteiger partial charge in [-0.2, -0.15) is 21.0 Å². The molecule has 192 valence electrons. The van der Waals surface area contributed by atoms with Crippen LogP contribution in [0.3, 0.4) is 0 Å². The summed E-state index contributed by atoms with van der Waals surface area (Å²) in [7, 11) is 0. The Bertz CT molecular complexity index is 1400. The lowest BCUT2D eigenvalue weighted by Gasteiger charge is -2.35. The van der Waals surface area contributed by atoms with E-state index in [-0.39, 0.29) is 24.0 Å². The molecule has 3 aromatic heterocycles. The fraction of sp³-hybridized carbons (Fsp3) is 0.444. The highest BCUT2D eigenvalue weighted by atomic mass is 32.1. The molecule has 1 saturated heterocycles. The number of hydrogen-bond acceptors (Lipinski definition) is 8. The van der Waals surface area contributed by atoms with Gasteiger partial charge in [-0.15, -0.1) is 5.10 Å². The number of anilines is 1. The number of carbonyl (C=O) groups is 1. The van der Waals surface area contributed by atoms with Gasteiger partial charge >= 0.3 is 0 Å². The van der Waals surface area contributed by atoms with E-state index in [0.29, 0.717) is 37.7 Å². The summed E-state index contributed by atoms with van der Waals surface area (Å²) in [5.74, 6) is 1.54. The summed E-state index contributed by atoms with van der Waals surface area (Å²) in [5.41, 5.74) is 5.23. The third kappa shape index (κ3) is 4.83. The number of benzene rings is 1. The van der Waals surface area contributed by atoms with Crippen LogP contribution in [-0.4, -0.2) is 66.1 Å². The Hall–Kier alpha value is -3.37. The minimum absolute atomic E-state index is 0.0723. The molecule has 1 aliphatic carbocycles. The summed E-state index contributed by atoms with van der Waals surface area (Å²) in [4.78, 5) is 24.0. The van der Waals surface area contributed by atoms with Crippen LogP contribution in [0.5, 0.6) is 0 Å². The molecule has 10 heteroatoms. The number of aliphatic hydroxyl groups excluding tert-OH is 1. The minimum Gasteiger partial charge on any atom is -0.393 e. The number of rotatable bonds is 5. The standard InChI is InChI=1S/C27H31N7O2S/c1-17-15-37-16-22(17)21-3-2-4-23-25(21)31-32-34(23)24-9-12-28-27(30-24)29-19-7-5-18(6-8-19)26(36)33-13-10-20(35)11-14-33/h2-4,9,12,15-16,18-20,35H,5-8,10-11,13-14H2,1H3,(H,28,29,30). The number of nitrogens with zero attached hydrogens (tertiary/aromatic N) is 6. The molecule has 2 fully saturated rings. The van der Waals surface area contributed by atoms with E-state index in [1.165, 1.54) is 11.1 Å². The number of nitrogens with one attached hydrogen (secondary N) is 1. The Morgan fingerprint density at radius 2 is 1.86 bits per heavy atom. The second-order valence-electron chi connectivity index (χ2n) is 10.1. The van der Waals surface area contributed by atoms with Gasteiger partial charge in [0.2, 0.25) is 11.9 Å². The van der Waals surface area contributed by atoms with E-state index in [4.69, 9.17) is 4.98 Å². The van der Waals surface area contributed by atoms with Gasteiger partial charge in [-0.25, -0.2) is 4.98 Å². The third-order valence-corrected chi connectivity index (χ3v) is 8.53. The van der Waals surface area contributed by atoms with Crippen LogP contribution < -0.4 is 5.32 Å². The Morgan fingerprint density at radius 1 is 1.05 bits per heavy atom. The number of aromatic nitrogens is 5. The van der Waals surface area contributed by atoms with E-state index in [1.807, 2.05) is 23.1 Å². The lowest BCUT2D eigenvalue weighted by molar-refractivity contribution is -0.138. The van der Waals surface area contributed by atoms with Gasteiger partial charge < -0.3 is 15.3 Å². The van der Waals surface area contributed by atoms with Crippen molar-refractivity contribution in [3.63, 3.8) is 0 Å². The van der Waals surface area contributed by atoms with Crippen molar-refractivity contribution >= 4 is 34.2 Å². The molecule has 4 aromatic rings. The highest BCUT2D eigenvalue weighted by molar-refractivity contribution is 7.08. The number of aliphatic hydroxyl groups is 1. The van der Waals surface area contributed by atoms with E-state index in [0.717, 1.165) is 42.3 Å². The summed E-state index contributed by atoms with van der Waals surface area (Å²) in [6.07, 6.45) is 6.36. The fourth-order valence-electron chi connectivity index (χ4n) is 5.52. The minimum atomic E-state index is -0.262. The van der Waals surface area contributed by atoms with Crippen LogP contribution in [0.2, 0.25) is 0 Å². The summed E-state index contributed by atoms with van der Waals surface area (Å²) < 4.78 is 1.76. The van der Waals surface area contributed by atoms with Gasteiger partial charge in [0.25, 0.3) is 0 Å². The quantitative estimate of drug-likeness (QED) is 0.408. The lowest BCUT2D eigenvalue weighted by atomic mass is 9.85. The third-order valence-electron chi connectivity index (χ3n) is 7.67. The normalized spacial score (nSPS) is 20.9. The Labute approximate surface area is 219 Å². The molecule has 37 heavy (non-hydrogen) atoms. The largest absolute Gasteiger partial charge is 0.393 e. The Morgan fingerprint density at radius 3 is 2.62 bits per heavy atom. The van der Waals surface area contributed by atoms with Crippen LogP contribution in [0.15, 0.2) is 41.2 Å². The number of thiophene rings is 1. The highest BCUT2D eigenvalue weighted by Gasteiger charge is 2.31. The monoisotopic (exact) mass is 517 g/mol. The average Bonchev–Trinajstić information content (AvgIpc) is 3.55. The fourth-order valence-corrected chi connectivity index (χ4v) is 6.36. The van der Waals surface area contributed by atoms with Gasteiger partial charge in [0, 0.05) is 42.9 Å². The predicted octanol–water partition coefficient (Wildman–Crippen LogP) is 4.20. The molecule has 4 heterocycles. The van der Waals surface area contributed by atoms with Gasteiger partial charge in [0.05, 0.1) is 11.6 Å². The first-order valence-corrected chi connectivity index (χ1v) is 14.0. The zero-order chi connectivity index (χ0) is 25.4. The van der Waals surface area contributed by atoms with Crippen molar-refractivity contribution in [3.8, 4) is 16.9 Å². The number of piperidine rings is 1. The SMILES string of the molecule is Cc1cscc1-c1cccc2c1nnn2-c1ccnc(NC2CCC(C(=O)N3CCC(O)CC3)CC2)n1. The van der Waals surface area contributed by atoms with Crippen LogP contribution in [-0.2, 0) is 4.79 Å². The second kappa shape index (κ2) is 10.2. The maximum absolute atomic E-state index is 12.9. The number of aryl methyl sites for hydroxylation is 1. The zero-order valence-corrected chi connectivity index (χ0v) is 21.7. The van der Waals surface area contributed by atoms with Crippen molar-refractivity contribution in [2.75, 3.05) is 18.4 Å². The van der Waals surface area contributed by atoms with Gasteiger partial charge in [0.1, 0.15) is 5.52 Å². The van der Waals surface area contributed by atoms with Crippen LogP contribution in [0, 0.1) is 12.8 Å². The number of carbonyl (C=O) groups excluding carboxylic acids is 1. The summed E-state index contributed by atoms with van der Waals surface area (Å²) in [6.45, 7) is 3.45. The first-order chi connectivity index (χ1) is 18.1. The van der Waals surface area contributed by atoms with Gasteiger partial charge in [-0.05, 0) is 73.4 Å². The van der Waals surface area contributed by atoms with Gasteiger partial charge in [-0.1, -0.05) is 17.3 Å². The highest BCUT2D eigenvalue weighted by Crippen LogP contribution is 2.33. The van der Waals surface area contributed by atoms with Crippen molar-refractivity contribution in [2.24, 2.45) is 5.92 Å². The first kappa shape index (κ1) is 24.0. The zero-order valence-electron chi connectivity index (χ0n) is 20.9. The number of fused-ring (bicyclic) bond motifs is 1. The van der Waals surface area contributed by atoms with E-state index in [9.17, 15) is 9.90 Å². The van der Waals surface area contributed by atoms with E-state index in [2.05, 4.69) is 44.4 Å². The molecule has 1 amide bonds. The van der Waals surface area contributed by atoms with Crippen molar-refractivity contribution < 1.29 is 9.90 Å². The topological polar surface area (TPSA) is 109 Å². The maximum Gasteiger partial charge on any atom is 0.225 e. The van der Waals surface area contributed by atoms with E-state index >= 15 is 0 Å². The average molecular weight is 518 g/mol. The maximum atomic E-state index is 12.9. The molecule has 1 aliphatic heterocycles. The molecule has 1 saturated carbocycles. The summed E-state index contributed by atoms with van der Waals surface area (Å²) in [6, 6.07) is 8.19. The molecule has 0 bridgehead atoms. The molecule has 2 N–H and O–H groups in total. The molecule has 6 rings (SSSR count). The molecule has 9 nitrogen and oxygen atoms in total. The molecular formula is C27H31N7O2S. The summed E-state index contributed by atoms with van der Waals surface area (Å²) in [5, 5.41) is 26.4. The van der Waals surface area contributed by atoms with E-state index in [1.54, 1.807) is 22.2 Å². The van der Waals surface area contributed by atoms with Crippen molar-refractivity contribution in [1.29, 1.82) is 0 Å². The Kier molecular flexibility index (Phi) is 6.60. The molecule has 0 spiro atoms. The molecule has 0 unspecified atom stereocenters. The van der Waals surface area contributed by atoms with Crippen molar-refractivity contribution in [2.45, 2.75) is 57.6 Å². The van der Waals surface area contributed by atoms with Crippen LogP contribution in [0.1, 0.15) is 44.1 Å². The predicted molar refractivity (Wildman–Crippen MR) is 144 cm³/mol. The van der Waals surface area contributed by atoms with Crippen molar-refractivity contribution in [1.82, 2.24) is 29.9 Å². The first-order valence-electron chi connectivity index (χ1n) is 13.0. The van der Waals surface area contributed by atoms with Crippen molar-refractivity contribution in [3.05, 3.63) is 46.8 Å². The number of hydrogen-bond donors (Lipinski definition) is 2. The van der Waals surface area contributed by atoms with Gasteiger partial charge in [-0.3, -0.25) is 4.79 Å². The molecule has 0 radical (unpaired) electrons. The molecule has 1 aromatic carbocycles. The Balaban J connectivity index is 1.14. The molecular weight excluding hydrogens is 486 g/mol.